The molecule has 90 valence electrons. The molecule has 0 fully saturated rings. The van der Waals surface area contributed by atoms with Crippen LogP contribution >= 0.6 is 0 Å². The zero-order valence-corrected chi connectivity index (χ0v) is 9.74. The molecule has 1 N–H and O–H groups in total. The van der Waals surface area contributed by atoms with Crippen molar-refractivity contribution in [3.05, 3.63) is 42.6 Å². The number of ether oxygens (including phenoxy) is 1. The predicted molar refractivity (Wildman–Crippen MR) is 66.6 cm³/mol. The highest BCUT2D eigenvalue weighted by atomic mass is 16.5. The molecule has 0 radical (unpaired) electrons. The van der Waals surface area contributed by atoms with Gasteiger partial charge in [-0.25, -0.2) is 0 Å². The number of aromatic nitrogens is 3. The summed E-state index contributed by atoms with van der Waals surface area (Å²) in [5, 5.41) is 17.6. The van der Waals surface area contributed by atoms with Crippen LogP contribution in [0, 0.1) is 0 Å². The van der Waals surface area contributed by atoms with Gasteiger partial charge in [-0.2, -0.15) is 0 Å². The van der Waals surface area contributed by atoms with Gasteiger partial charge in [0.15, 0.2) is 11.6 Å². The fourth-order valence-electron chi connectivity index (χ4n) is 1.86. The first kappa shape index (κ1) is 10.6. The van der Waals surface area contributed by atoms with Crippen LogP contribution in [0.2, 0.25) is 0 Å². The lowest BCUT2D eigenvalue weighted by Crippen LogP contribution is -1.91. The van der Waals surface area contributed by atoms with Crippen molar-refractivity contribution < 1.29 is 9.84 Å². The maximum Gasteiger partial charge on any atom is 0.203 e. The minimum atomic E-state index is 0.227. The lowest BCUT2D eigenvalue weighted by atomic mass is 10.2. The molecule has 0 spiro atoms. The molecule has 0 bridgehead atoms. The van der Waals surface area contributed by atoms with E-state index in [2.05, 4.69) is 10.2 Å². The van der Waals surface area contributed by atoms with Crippen LogP contribution in [0.3, 0.4) is 0 Å². The molecule has 18 heavy (non-hydrogen) atoms. The molecule has 3 aromatic rings. The summed E-state index contributed by atoms with van der Waals surface area (Å²) in [6, 6.07) is 10.5. The standard InChI is InChI=1S/C13H11N3O2/c1-18-11-3-2-8-16-12(14-15-13(11)16)9-4-6-10(17)7-5-9/h2-8,17H,1H3. The highest BCUT2D eigenvalue weighted by molar-refractivity contribution is 5.63. The molecule has 0 saturated carbocycles. The van der Waals surface area contributed by atoms with Crippen LogP contribution in [0.1, 0.15) is 0 Å². The summed E-state index contributed by atoms with van der Waals surface area (Å²) in [5.41, 5.74) is 1.55. The maximum absolute atomic E-state index is 9.29. The van der Waals surface area contributed by atoms with E-state index < -0.39 is 0 Å². The van der Waals surface area contributed by atoms with Crippen LogP contribution in [0.5, 0.6) is 11.5 Å². The van der Waals surface area contributed by atoms with Crippen LogP contribution in [0.4, 0.5) is 0 Å². The van der Waals surface area contributed by atoms with Gasteiger partial charge in [0.2, 0.25) is 5.65 Å². The minimum absolute atomic E-state index is 0.227. The molecule has 2 aromatic heterocycles. The minimum Gasteiger partial charge on any atom is -0.508 e. The zero-order chi connectivity index (χ0) is 12.5. The fourth-order valence-corrected chi connectivity index (χ4v) is 1.86. The average Bonchev–Trinajstić information content (AvgIpc) is 2.83. The number of phenols is 1. The van der Waals surface area contributed by atoms with E-state index in [0.29, 0.717) is 17.2 Å². The van der Waals surface area contributed by atoms with Crippen LogP contribution in [-0.4, -0.2) is 26.8 Å². The topological polar surface area (TPSA) is 59.7 Å². The molecule has 0 aliphatic rings. The van der Waals surface area contributed by atoms with Crippen molar-refractivity contribution in [2.75, 3.05) is 7.11 Å². The van der Waals surface area contributed by atoms with E-state index in [1.54, 1.807) is 31.4 Å². The number of phenolic OH excluding ortho intramolecular Hbond substituents is 1. The molecule has 3 rings (SSSR count). The summed E-state index contributed by atoms with van der Waals surface area (Å²) >= 11 is 0. The highest BCUT2D eigenvalue weighted by Gasteiger charge is 2.10. The Hall–Kier alpha value is -2.56. The number of aromatic hydroxyl groups is 1. The Kier molecular flexibility index (Phi) is 2.37. The van der Waals surface area contributed by atoms with Gasteiger partial charge in [-0.3, -0.25) is 4.40 Å². The van der Waals surface area contributed by atoms with Gasteiger partial charge in [-0.15, -0.1) is 10.2 Å². The molecule has 0 atom stereocenters. The van der Waals surface area contributed by atoms with Crippen LogP contribution in [0.25, 0.3) is 17.0 Å². The van der Waals surface area contributed by atoms with Gasteiger partial charge in [-0.05, 0) is 36.4 Å². The van der Waals surface area contributed by atoms with E-state index >= 15 is 0 Å². The monoisotopic (exact) mass is 241 g/mol. The summed E-state index contributed by atoms with van der Waals surface area (Å²) in [6.45, 7) is 0. The SMILES string of the molecule is COc1cccn2c(-c3ccc(O)cc3)nnc12. The fraction of sp³-hybridized carbons (Fsp3) is 0.0769. The highest BCUT2D eigenvalue weighted by Crippen LogP contribution is 2.24. The number of fused-ring (bicyclic) bond motifs is 1. The largest absolute Gasteiger partial charge is 0.508 e. The lowest BCUT2D eigenvalue weighted by molar-refractivity contribution is 0.417. The van der Waals surface area contributed by atoms with E-state index in [1.165, 1.54) is 0 Å². The lowest BCUT2D eigenvalue weighted by Gasteiger charge is -2.03. The van der Waals surface area contributed by atoms with E-state index in [-0.39, 0.29) is 5.75 Å². The van der Waals surface area contributed by atoms with Crippen molar-refractivity contribution in [3.8, 4) is 22.9 Å². The van der Waals surface area contributed by atoms with E-state index in [9.17, 15) is 5.11 Å². The third kappa shape index (κ3) is 1.57. The third-order valence-electron chi connectivity index (χ3n) is 2.74. The number of methoxy groups -OCH3 is 1. The smallest absolute Gasteiger partial charge is 0.203 e. The van der Waals surface area contributed by atoms with Gasteiger partial charge in [0.25, 0.3) is 0 Å². The molecule has 0 unspecified atom stereocenters. The number of nitrogens with zero attached hydrogens (tertiary/aromatic N) is 3. The third-order valence-corrected chi connectivity index (χ3v) is 2.74. The number of rotatable bonds is 2. The summed E-state index contributed by atoms with van der Waals surface area (Å²) in [4.78, 5) is 0. The second kappa shape index (κ2) is 4.03. The average molecular weight is 241 g/mol. The first-order chi connectivity index (χ1) is 8.79. The molecule has 0 aliphatic heterocycles. The van der Waals surface area contributed by atoms with Crippen molar-refractivity contribution in [2.24, 2.45) is 0 Å². The zero-order valence-electron chi connectivity index (χ0n) is 9.74. The van der Waals surface area contributed by atoms with Crippen molar-refractivity contribution in [3.63, 3.8) is 0 Å². The van der Waals surface area contributed by atoms with Crippen LogP contribution in [-0.2, 0) is 0 Å². The van der Waals surface area contributed by atoms with E-state index in [4.69, 9.17) is 4.74 Å². The molecule has 5 nitrogen and oxygen atoms in total. The Morgan fingerprint density at radius 1 is 1.11 bits per heavy atom. The van der Waals surface area contributed by atoms with Crippen molar-refractivity contribution >= 4 is 5.65 Å². The molecule has 1 aromatic carbocycles. The number of pyridine rings is 1. The van der Waals surface area contributed by atoms with Crippen LogP contribution < -0.4 is 4.74 Å². The summed E-state index contributed by atoms with van der Waals surface area (Å²) in [6.07, 6.45) is 1.88. The van der Waals surface area contributed by atoms with Gasteiger partial charge >= 0.3 is 0 Å². The Morgan fingerprint density at radius 2 is 1.89 bits per heavy atom. The van der Waals surface area contributed by atoms with E-state index in [0.717, 1.165) is 5.56 Å². The normalized spacial score (nSPS) is 10.7. The van der Waals surface area contributed by atoms with Gasteiger partial charge in [0, 0.05) is 11.8 Å². The first-order valence-electron chi connectivity index (χ1n) is 5.47. The predicted octanol–water partition coefficient (Wildman–Crippen LogP) is 2.11. The molecular formula is C13H11N3O2. The summed E-state index contributed by atoms with van der Waals surface area (Å²) < 4.78 is 7.08. The number of benzene rings is 1. The molecule has 0 aliphatic carbocycles. The Bertz CT molecular complexity index is 689. The van der Waals surface area contributed by atoms with Crippen molar-refractivity contribution in [1.29, 1.82) is 0 Å². The first-order valence-corrected chi connectivity index (χ1v) is 5.47. The van der Waals surface area contributed by atoms with Crippen molar-refractivity contribution in [2.45, 2.75) is 0 Å². The summed E-state index contributed by atoms with van der Waals surface area (Å²) in [7, 11) is 1.60. The molecule has 0 amide bonds. The van der Waals surface area contributed by atoms with Gasteiger partial charge in [0.05, 0.1) is 7.11 Å². The van der Waals surface area contributed by atoms with Gasteiger partial charge in [0.1, 0.15) is 5.75 Å². The Labute approximate surface area is 103 Å². The van der Waals surface area contributed by atoms with Crippen molar-refractivity contribution in [1.82, 2.24) is 14.6 Å². The quantitative estimate of drug-likeness (QED) is 0.746. The maximum atomic E-state index is 9.29. The second-order valence-corrected chi connectivity index (χ2v) is 3.84. The van der Waals surface area contributed by atoms with Gasteiger partial charge in [-0.1, -0.05) is 0 Å². The Balaban J connectivity index is 2.21. The second-order valence-electron chi connectivity index (χ2n) is 3.84. The number of hydrogen-bond acceptors (Lipinski definition) is 4. The Morgan fingerprint density at radius 3 is 2.61 bits per heavy atom. The van der Waals surface area contributed by atoms with E-state index in [1.807, 2.05) is 22.7 Å². The van der Waals surface area contributed by atoms with Crippen LogP contribution in [0.15, 0.2) is 42.6 Å². The molecule has 2 heterocycles. The van der Waals surface area contributed by atoms with Gasteiger partial charge < -0.3 is 9.84 Å². The molecular weight excluding hydrogens is 230 g/mol. The molecule has 0 saturated heterocycles. The summed E-state index contributed by atoms with van der Waals surface area (Å²) in [5.74, 6) is 1.61. The molecule has 5 heteroatoms. The number of hydrogen-bond donors (Lipinski definition) is 1.